The van der Waals surface area contributed by atoms with Crippen molar-refractivity contribution in [2.24, 2.45) is 5.92 Å². The summed E-state index contributed by atoms with van der Waals surface area (Å²) in [6.45, 7) is 1.07. The summed E-state index contributed by atoms with van der Waals surface area (Å²) in [6.07, 6.45) is 1.40. The van der Waals surface area contributed by atoms with Crippen molar-refractivity contribution in [3.05, 3.63) is 28.9 Å². The zero-order valence-electron chi connectivity index (χ0n) is 10.6. The SMILES string of the molecule is Fc1cnc2c(N3CCC(C(F)F)CC3)cc(Br)cn12. The first-order chi connectivity index (χ1) is 9.56. The summed E-state index contributed by atoms with van der Waals surface area (Å²) in [4.78, 5) is 6.06. The third kappa shape index (κ3) is 2.39. The number of fused-ring (bicyclic) bond motifs is 1. The number of anilines is 1. The summed E-state index contributed by atoms with van der Waals surface area (Å²) in [5.41, 5.74) is 1.29. The van der Waals surface area contributed by atoms with E-state index in [4.69, 9.17) is 0 Å². The number of pyridine rings is 1. The highest BCUT2D eigenvalue weighted by Gasteiger charge is 2.27. The Bertz CT molecular complexity index is 621. The molecule has 3 rings (SSSR count). The van der Waals surface area contributed by atoms with Gasteiger partial charge in [0.25, 0.3) is 0 Å². The summed E-state index contributed by atoms with van der Waals surface area (Å²) in [5, 5.41) is 0. The van der Waals surface area contributed by atoms with E-state index >= 15 is 0 Å². The van der Waals surface area contributed by atoms with Gasteiger partial charge in [-0.1, -0.05) is 0 Å². The van der Waals surface area contributed by atoms with Gasteiger partial charge in [-0.2, -0.15) is 4.39 Å². The van der Waals surface area contributed by atoms with Crippen LogP contribution >= 0.6 is 15.9 Å². The average Bonchev–Trinajstić information content (AvgIpc) is 2.80. The maximum Gasteiger partial charge on any atom is 0.241 e. The highest BCUT2D eigenvalue weighted by atomic mass is 79.9. The number of piperidine rings is 1. The smallest absolute Gasteiger partial charge is 0.241 e. The molecule has 1 aliphatic rings. The normalized spacial score (nSPS) is 17.4. The molecule has 3 heterocycles. The van der Waals surface area contributed by atoms with Crippen LogP contribution in [0.5, 0.6) is 0 Å². The summed E-state index contributed by atoms with van der Waals surface area (Å²) >= 11 is 3.34. The lowest BCUT2D eigenvalue weighted by atomic mass is 9.97. The van der Waals surface area contributed by atoms with Crippen LogP contribution in [0.15, 0.2) is 22.9 Å². The molecule has 0 unspecified atom stereocenters. The molecule has 0 atom stereocenters. The van der Waals surface area contributed by atoms with Gasteiger partial charge in [-0.25, -0.2) is 13.8 Å². The van der Waals surface area contributed by atoms with Gasteiger partial charge in [0.15, 0.2) is 5.65 Å². The molecule has 3 nitrogen and oxygen atoms in total. The molecular formula is C13H13BrF3N3. The quantitative estimate of drug-likeness (QED) is 0.825. The highest BCUT2D eigenvalue weighted by molar-refractivity contribution is 9.10. The van der Waals surface area contributed by atoms with E-state index in [-0.39, 0.29) is 0 Å². The first kappa shape index (κ1) is 13.7. The Morgan fingerprint density at radius 1 is 1.30 bits per heavy atom. The molecule has 108 valence electrons. The molecule has 1 saturated heterocycles. The number of halogens is 4. The summed E-state index contributed by atoms with van der Waals surface area (Å²) in [5.74, 6) is -0.976. The largest absolute Gasteiger partial charge is 0.368 e. The molecule has 0 saturated carbocycles. The van der Waals surface area contributed by atoms with Crippen LogP contribution in [0.4, 0.5) is 18.9 Å². The van der Waals surface area contributed by atoms with Crippen LogP contribution in [-0.2, 0) is 0 Å². The third-order valence-electron chi connectivity index (χ3n) is 3.74. The minimum Gasteiger partial charge on any atom is -0.368 e. The number of rotatable bonds is 2. The zero-order chi connectivity index (χ0) is 14.3. The second kappa shape index (κ2) is 5.27. The van der Waals surface area contributed by atoms with Gasteiger partial charge in [-0.3, -0.25) is 4.40 Å². The van der Waals surface area contributed by atoms with Crippen molar-refractivity contribution in [1.29, 1.82) is 0 Å². The number of aromatic nitrogens is 2. The van der Waals surface area contributed by atoms with Gasteiger partial charge in [0.2, 0.25) is 12.4 Å². The predicted molar refractivity (Wildman–Crippen MR) is 73.8 cm³/mol. The number of imidazole rings is 1. The Morgan fingerprint density at radius 2 is 2.00 bits per heavy atom. The fraction of sp³-hybridized carbons (Fsp3) is 0.462. The molecule has 0 spiro atoms. The molecule has 20 heavy (non-hydrogen) atoms. The average molecular weight is 348 g/mol. The molecular weight excluding hydrogens is 335 g/mol. The van der Waals surface area contributed by atoms with Gasteiger partial charge in [0, 0.05) is 29.7 Å². The van der Waals surface area contributed by atoms with Crippen LogP contribution in [0.3, 0.4) is 0 Å². The van der Waals surface area contributed by atoms with E-state index in [0.717, 1.165) is 16.4 Å². The van der Waals surface area contributed by atoms with Crippen LogP contribution in [-0.4, -0.2) is 28.9 Å². The van der Waals surface area contributed by atoms with Gasteiger partial charge in [-0.05, 0) is 34.8 Å². The monoisotopic (exact) mass is 347 g/mol. The van der Waals surface area contributed by atoms with Gasteiger partial charge in [0.1, 0.15) is 0 Å². The molecule has 0 amide bonds. The van der Waals surface area contributed by atoms with Crippen molar-refractivity contribution in [2.45, 2.75) is 19.3 Å². The second-order valence-electron chi connectivity index (χ2n) is 4.98. The predicted octanol–water partition coefficient (Wildman–Crippen LogP) is 3.72. The van der Waals surface area contributed by atoms with Crippen molar-refractivity contribution < 1.29 is 13.2 Å². The van der Waals surface area contributed by atoms with E-state index < -0.39 is 18.3 Å². The van der Waals surface area contributed by atoms with Crippen LogP contribution in [0, 0.1) is 11.9 Å². The Labute approximate surface area is 122 Å². The molecule has 1 aliphatic heterocycles. The molecule has 0 aromatic carbocycles. The second-order valence-corrected chi connectivity index (χ2v) is 5.89. The van der Waals surface area contributed by atoms with Crippen molar-refractivity contribution in [3.8, 4) is 0 Å². The molecule has 2 aromatic rings. The van der Waals surface area contributed by atoms with Gasteiger partial charge >= 0.3 is 0 Å². The lowest BCUT2D eigenvalue weighted by Crippen LogP contribution is -2.36. The van der Waals surface area contributed by atoms with E-state index in [1.165, 1.54) is 4.40 Å². The van der Waals surface area contributed by atoms with Crippen LogP contribution in [0.25, 0.3) is 5.65 Å². The van der Waals surface area contributed by atoms with Crippen LogP contribution < -0.4 is 4.90 Å². The fourth-order valence-electron chi connectivity index (χ4n) is 2.63. The zero-order valence-corrected chi connectivity index (χ0v) is 12.2. The standard InChI is InChI=1S/C13H13BrF3N3/c14-9-5-10(13-18-6-11(15)20(13)7-9)19-3-1-8(2-4-19)12(16)17/h5-8,12H,1-4H2. The fourth-order valence-corrected chi connectivity index (χ4v) is 3.05. The van der Waals surface area contributed by atoms with E-state index in [0.29, 0.717) is 31.6 Å². The summed E-state index contributed by atoms with van der Waals surface area (Å²) in [6, 6.07) is 1.85. The van der Waals surface area contributed by atoms with E-state index in [1.54, 1.807) is 6.20 Å². The van der Waals surface area contributed by atoms with E-state index in [1.807, 2.05) is 11.0 Å². The van der Waals surface area contributed by atoms with Crippen LogP contribution in [0.1, 0.15) is 12.8 Å². The van der Waals surface area contributed by atoms with Crippen molar-refractivity contribution in [2.75, 3.05) is 18.0 Å². The number of hydrogen-bond donors (Lipinski definition) is 0. The van der Waals surface area contributed by atoms with Crippen molar-refractivity contribution >= 4 is 27.3 Å². The van der Waals surface area contributed by atoms with E-state index in [2.05, 4.69) is 20.9 Å². The summed E-state index contributed by atoms with van der Waals surface area (Å²) in [7, 11) is 0. The molecule has 0 aliphatic carbocycles. The van der Waals surface area contributed by atoms with Gasteiger partial charge in [-0.15, -0.1) is 0 Å². The molecule has 0 bridgehead atoms. The van der Waals surface area contributed by atoms with Crippen molar-refractivity contribution in [1.82, 2.24) is 9.38 Å². The Kier molecular flexibility index (Phi) is 3.62. The molecule has 2 aromatic heterocycles. The Balaban J connectivity index is 1.91. The first-order valence-electron chi connectivity index (χ1n) is 6.41. The molecule has 0 radical (unpaired) electrons. The van der Waals surface area contributed by atoms with Gasteiger partial charge in [0.05, 0.1) is 11.9 Å². The van der Waals surface area contributed by atoms with E-state index in [9.17, 15) is 13.2 Å². The number of hydrogen-bond acceptors (Lipinski definition) is 2. The maximum atomic E-state index is 13.6. The van der Waals surface area contributed by atoms with Crippen molar-refractivity contribution in [3.63, 3.8) is 0 Å². The third-order valence-corrected chi connectivity index (χ3v) is 4.18. The Hall–Kier alpha value is -1.24. The van der Waals surface area contributed by atoms with Crippen LogP contribution in [0.2, 0.25) is 0 Å². The summed E-state index contributed by atoms with van der Waals surface area (Å²) < 4.78 is 41.0. The number of nitrogens with zero attached hydrogens (tertiary/aromatic N) is 3. The lowest BCUT2D eigenvalue weighted by molar-refractivity contribution is 0.0636. The highest BCUT2D eigenvalue weighted by Crippen LogP contribution is 2.31. The minimum absolute atomic E-state index is 0.440. The number of alkyl halides is 2. The molecule has 1 fully saturated rings. The topological polar surface area (TPSA) is 20.5 Å². The Morgan fingerprint density at radius 3 is 2.65 bits per heavy atom. The van der Waals surface area contributed by atoms with Gasteiger partial charge < -0.3 is 4.90 Å². The minimum atomic E-state index is -2.26. The molecule has 7 heteroatoms. The maximum absolute atomic E-state index is 13.6. The lowest BCUT2D eigenvalue weighted by Gasteiger charge is -2.33. The first-order valence-corrected chi connectivity index (χ1v) is 7.21. The molecule has 0 N–H and O–H groups in total.